The van der Waals surface area contributed by atoms with E-state index in [-0.39, 0.29) is 5.91 Å². The lowest BCUT2D eigenvalue weighted by atomic mass is 10.1. The third-order valence-corrected chi connectivity index (χ3v) is 5.71. The number of fused-ring (bicyclic) bond motifs is 1. The van der Waals surface area contributed by atoms with E-state index in [9.17, 15) is 4.79 Å². The first-order valence-corrected chi connectivity index (χ1v) is 10.3. The molecule has 0 atom stereocenters. The first-order valence-electron chi connectivity index (χ1n) is 9.93. The van der Waals surface area contributed by atoms with E-state index in [2.05, 4.69) is 4.90 Å². The number of hydrogen-bond donors (Lipinski definition) is 0. The van der Waals surface area contributed by atoms with Crippen molar-refractivity contribution in [3.05, 3.63) is 58.1 Å². The largest absolute Gasteiger partial charge is 0.493 e. The molecule has 0 bridgehead atoms. The Morgan fingerprint density at radius 2 is 1.80 bits per heavy atom. The molecule has 0 unspecified atom stereocenters. The summed E-state index contributed by atoms with van der Waals surface area (Å²) in [5.41, 5.74) is 2.67. The van der Waals surface area contributed by atoms with Crippen LogP contribution in [0, 0.1) is 0 Å². The fourth-order valence-corrected chi connectivity index (χ4v) is 4.00. The maximum atomic E-state index is 13.0. The molecule has 30 heavy (non-hydrogen) atoms. The van der Waals surface area contributed by atoms with E-state index in [0.29, 0.717) is 30.3 Å². The molecule has 6 nitrogen and oxygen atoms in total. The van der Waals surface area contributed by atoms with Crippen molar-refractivity contribution >= 4 is 23.6 Å². The molecule has 0 aliphatic carbocycles. The zero-order chi connectivity index (χ0) is 21.1. The number of benzene rings is 2. The molecule has 2 aromatic rings. The number of amides is 1. The number of carbonyl (C=O) groups is 1. The highest BCUT2D eigenvalue weighted by atomic mass is 35.5. The predicted octanol–water partition coefficient (Wildman–Crippen LogP) is 3.48. The van der Waals surface area contributed by atoms with Crippen LogP contribution in [0.3, 0.4) is 0 Å². The summed E-state index contributed by atoms with van der Waals surface area (Å²) in [7, 11) is 3.27. The Morgan fingerprint density at radius 3 is 2.53 bits per heavy atom. The van der Waals surface area contributed by atoms with Crippen LogP contribution in [0.1, 0.15) is 11.1 Å². The average molecular weight is 429 g/mol. The highest BCUT2D eigenvalue weighted by Gasteiger charge is 2.26. The minimum Gasteiger partial charge on any atom is -0.493 e. The Bertz CT molecular complexity index is 968. The van der Waals surface area contributed by atoms with Crippen molar-refractivity contribution in [1.29, 1.82) is 0 Å². The van der Waals surface area contributed by atoms with Gasteiger partial charge in [-0.3, -0.25) is 9.69 Å². The molecule has 4 rings (SSSR count). The predicted molar refractivity (Wildman–Crippen MR) is 116 cm³/mol. The molecular weight excluding hydrogens is 404 g/mol. The van der Waals surface area contributed by atoms with Crippen LogP contribution in [0.5, 0.6) is 17.2 Å². The van der Waals surface area contributed by atoms with Crippen molar-refractivity contribution in [1.82, 2.24) is 9.80 Å². The fraction of sp³-hybridized carbons (Fsp3) is 0.348. The Kier molecular flexibility index (Phi) is 6.16. The van der Waals surface area contributed by atoms with Gasteiger partial charge in [-0.15, -0.1) is 0 Å². The molecule has 1 saturated heterocycles. The van der Waals surface area contributed by atoms with Gasteiger partial charge < -0.3 is 19.1 Å². The van der Waals surface area contributed by atoms with Gasteiger partial charge in [0.2, 0.25) is 0 Å². The summed E-state index contributed by atoms with van der Waals surface area (Å²) in [6.07, 6.45) is 1.89. The third-order valence-electron chi connectivity index (χ3n) is 5.47. The second-order valence-corrected chi connectivity index (χ2v) is 7.83. The Hall–Kier alpha value is -2.70. The van der Waals surface area contributed by atoms with E-state index >= 15 is 0 Å². The van der Waals surface area contributed by atoms with Crippen LogP contribution in [-0.4, -0.2) is 62.7 Å². The quantitative estimate of drug-likeness (QED) is 0.729. The highest BCUT2D eigenvalue weighted by Crippen LogP contribution is 2.30. The molecule has 2 aliphatic heterocycles. The van der Waals surface area contributed by atoms with Crippen molar-refractivity contribution in [2.75, 3.05) is 47.0 Å². The van der Waals surface area contributed by atoms with E-state index in [1.807, 2.05) is 41.3 Å². The van der Waals surface area contributed by atoms with Crippen LogP contribution in [0.4, 0.5) is 0 Å². The molecule has 0 radical (unpaired) electrons. The number of halogens is 1. The SMILES string of the molecule is COc1ccc(CN2CCN(C(=O)C3=Cc4cc(Cl)ccc4OC3)CC2)cc1OC. The lowest BCUT2D eigenvalue weighted by Gasteiger charge is -2.35. The van der Waals surface area contributed by atoms with Crippen LogP contribution in [0.15, 0.2) is 42.0 Å². The van der Waals surface area contributed by atoms with Crippen LogP contribution in [0.2, 0.25) is 5.02 Å². The van der Waals surface area contributed by atoms with E-state index in [4.69, 9.17) is 25.8 Å². The molecule has 158 valence electrons. The molecule has 0 N–H and O–H groups in total. The van der Waals surface area contributed by atoms with Gasteiger partial charge in [-0.05, 0) is 42.0 Å². The smallest absolute Gasteiger partial charge is 0.253 e. The number of rotatable bonds is 5. The van der Waals surface area contributed by atoms with Crippen LogP contribution in [0.25, 0.3) is 6.08 Å². The Balaban J connectivity index is 1.36. The number of hydrogen-bond acceptors (Lipinski definition) is 5. The molecule has 1 fully saturated rings. The zero-order valence-electron chi connectivity index (χ0n) is 17.2. The van der Waals surface area contributed by atoms with Crippen LogP contribution >= 0.6 is 11.6 Å². The Morgan fingerprint density at radius 1 is 1.03 bits per heavy atom. The lowest BCUT2D eigenvalue weighted by Crippen LogP contribution is -2.49. The van der Waals surface area contributed by atoms with E-state index in [1.165, 1.54) is 0 Å². The van der Waals surface area contributed by atoms with E-state index < -0.39 is 0 Å². The molecular formula is C23H25ClN2O4. The second kappa shape index (κ2) is 8.98. The maximum Gasteiger partial charge on any atom is 0.253 e. The van der Waals surface area contributed by atoms with Gasteiger partial charge in [0.05, 0.1) is 19.8 Å². The number of ether oxygens (including phenoxy) is 3. The summed E-state index contributed by atoms with van der Waals surface area (Å²) in [5, 5.41) is 0.631. The number of methoxy groups -OCH3 is 2. The van der Waals surface area contributed by atoms with Crippen molar-refractivity contribution in [3.63, 3.8) is 0 Å². The van der Waals surface area contributed by atoms with Gasteiger partial charge in [0.25, 0.3) is 5.91 Å². The van der Waals surface area contributed by atoms with Crippen molar-refractivity contribution in [2.24, 2.45) is 0 Å². The van der Waals surface area contributed by atoms with Gasteiger partial charge in [-0.2, -0.15) is 0 Å². The highest BCUT2D eigenvalue weighted by molar-refractivity contribution is 6.30. The van der Waals surface area contributed by atoms with Gasteiger partial charge in [0, 0.05) is 43.3 Å². The molecule has 2 aromatic carbocycles. The van der Waals surface area contributed by atoms with Crippen LogP contribution < -0.4 is 14.2 Å². The monoisotopic (exact) mass is 428 g/mol. The maximum absolute atomic E-state index is 13.0. The summed E-state index contributed by atoms with van der Waals surface area (Å²) in [6, 6.07) is 11.4. The molecule has 0 spiro atoms. The van der Waals surface area contributed by atoms with Crippen molar-refractivity contribution in [2.45, 2.75) is 6.54 Å². The summed E-state index contributed by atoms with van der Waals surface area (Å²) in [4.78, 5) is 17.2. The number of nitrogens with zero attached hydrogens (tertiary/aromatic N) is 2. The van der Waals surface area contributed by atoms with Gasteiger partial charge in [-0.1, -0.05) is 17.7 Å². The van der Waals surface area contributed by atoms with Gasteiger partial charge in [-0.25, -0.2) is 0 Å². The lowest BCUT2D eigenvalue weighted by molar-refractivity contribution is -0.129. The van der Waals surface area contributed by atoms with E-state index in [1.54, 1.807) is 20.3 Å². The summed E-state index contributed by atoms with van der Waals surface area (Å²) in [6.45, 7) is 4.10. The summed E-state index contributed by atoms with van der Waals surface area (Å²) >= 11 is 6.07. The fourth-order valence-electron chi connectivity index (χ4n) is 3.82. The zero-order valence-corrected chi connectivity index (χ0v) is 17.9. The minimum atomic E-state index is 0.0337. The van der Waals surface area contributed by atoms with E-state index in [0.717, 1.165) is 48.0 Å². The summed E-state index contributed by atoms with van der Waals surface area (Å²) in [5.74, 6) is 2.25. The third kappa shape index (κ3) is 4.40. The first-order chi connectivity index (χ1) is 14.6. The molecule has 2 heterocycles. The van der Waals surface area contributed by atoms with Crippen molar-refractivity contribution in [3.8, 4) is 17.2 Å². The molecule has 1 amide bonds. The molecule has 2 aliphatic rings. The topological polar surface area (TPSA) is 51.2 Å². The minimum absolute atomic E-state index is 0.0337. The van der Waals surface area contributed by atoms with Gasteiger partial charge >= 0.3 is 0 Å². The number of piperazine rings is 1. The van der Waals surface area contributed by atoms with Crippen molar-refractivity contribution < 1.29 is 19.0 Å². The molecule has 7 heteroatoms. The first kappa shape index (κ1) is 20.6. The summed E-state index contributed by atoms with van der Waals surface area (Å²) < 4.78 is 16.4. The second-order valence-electron chi connectivity index (χ2n) is 7.40. The van der Waals surface area contributed by atoms with Gasteiger partial charge in [0.15, 0.2) is 11.5 Å². The number of carbonyl (C=O) groups excluding carboxylic acids is 1. The molecule has 0 aromatic heterocycles. The van der Waals surface area contributed by atoms with Gasteiger partial charge in [0.1, 0.15) is 12.4 Å². The normalized spacial score (nSPS) is 16.4. The Labute approximate surface area is 181 Å². The van der Waals surface area contributed by atoms with Crippen LogP contribution in [-0.2, 0) is 11.3 Å². The average Bonchev–Trinajstić information content (AvgIpc) is 2.78. The molecule has 0 saturated carbocycles. The standard InChI is InChI=1S/C23H25ClN2O4/c1-28-21-5-3-16(11-22(21)29-2)14-25-7-9-26(10-8-25)23(27)18-12-17-13-19(24)4-6-20(17)30-15-18/h3-6,11-13H,7-10,14-15H2,1-2H3.